The molecule has 90 valence electrons. The van der Waals surface area contributed by atoms with Gasteiger partial charge in [0.15, 0.2) is 0 Å². The molecule has 0 heterocycles. The predicted octanol–water partition coefficient (Wildman–Crippen LogP) is 2.49. The molecule has 0 aromatic heterocycles. The second kappa shape index (κ2) is 5.46. The maximum atomic E-state index is 5.87. The number of likely N-dealkylation sites (N-methyl/N-ethyl adjacent to an activating group) is 1. The molecule has 1 unspecified atom stereocenters. The normalized spacial score (nSPS) is 14.1. The van der Waals surface area contributed by atoms with Crippen molar-refractivity contribution in [3.63, 3.8) is 0 Å². The van der Waals surface area contributed by atoms with Gasteiger partial charge in [0, 0.05) is 19.1 Å². The molecule has 0 aliphatic rings. The lowest BCUT2D eigenvalue weighted by atomic mass is 9.85. The molecule has 1 aromatic rings. The van der Waals surface area contributed by atoms with Crippen LogP contribution >= 0.6 is 0 Å². The van der Waals surface area contributed by atoms with Crippen molar-refractivity contribution in [1.29, 1.82) is 0 Å². The Bertz CT molecular complexity index is 300. The summed E-state index contributed by atoms with van der Waals surface area (Å²) in [6, 6.07) is 10.9. The van der Waals surface area contributed by atoms with Gasteiger partial charge in [-0.25, -0.2) is 0 Å². The summed E-state index contributed by atoms with van der Waals surface area (Å²) in [5.74, 6) is 0. The lowest BCUT2D eigenvalue weighted by Crippen LogP contribution is -2.46. The summed E-state index contributed by atoms with van der Waals surface area (Å²) in [5.41, 5.74) is 7.43. The van der Waals surface area contributed by atoms with Gasteiger partial charge in [0.2, 0.25) is 0 Å². The third-order valence-electron chi connectivity index (χ3n) is 3.03. The van der Waals surface area contributed by atoms with Crippen molar-refractivity contribution in [2.75, 3.05) is 13.6 Å². The first-order valence-electron chi connectivity index (χ1n) is 5.89. The van der Waals surface area contributed by atoms with Crippen LogP contribution in [0, 0.1) is 5.41 Å². The molecule has 0 bridgehead atoms. The molecule has 0 saturated heterocycles. The summed E-state index contributed by atoms with van der Waals surface area (Å²) in [4.78, 5) is 2.34. The van der Waals surface area contributed by atoms with Gasteiger partial charge in [-0.2, -0.15) is 0 Å². The fraction of sp³-hybridized carbons (Fsp3) is 0.571. The molecular formula is C14H24N2. The van der Waals surface area contributed by atoms with Crippen LogP contribution in [0.15, 0.2) is 30.3 Å². The number of nitrogens with zero attached hydrogens (tertiary/aromatic N) is 1. The van der Waals surface area contributed by atoms with Crippen LogP contribution in [0.25, 0.3) is 0 Å². The molecule has 0 saturated carbocycles. The fourth-order valence-corrected chi connectivity index (χ4v) is 2.18. The van der Waals surface area contributed by atoms with Crippen LogP contribution in [-0.2, 0) is 6.54 Å². The SMILES string of the molecule is CN(Cc1ccccc1)C(CN)C(C)(C)C. The van der Waals surface area contributed by atoms with E-state index >= 15 is 0 Å². The van der Waals surface area contributed by atoms with E-state index in [9.17, 15) is 0 Å². The standard InChI is InChI=1S/C14H24N2/c1-14(2,3)13(10-15)16(4)11-12-8-6-5-7-9-12/h5-9,13H,10-11,15H2,1-4H3. The van der Waals surface area contributed by atoms with E-state index in [4.69, 9.17) is 5.73 Å². The van der Waals surface area contributed by atoms with Crippen LogP contribution in [-0.4, -0.2) is 24.5 Å². The zero-order valence-electron chi connectivity index (χ0n) is 10.9. The Morgan fingerprint density at radius 1 is 1.19 bits per heavy atom. The van der Waals surface area contributed by atoms with E-state index in [2.05, 4.69) is 57.0 Å². The Labute approximate surface area is 99.5 Å². The van der Waals surface area contributed by atoms with E-state index in [1.165, 1.54) is 5.56 Å². The van der Waals surface area contributed by atoms with Gasteiger partial charge in [-0.05, 0) is 18.0 Å². The van der Waals surface area contributed by atoms with E-state index in [0.717, 1.165) is 6.54 Å². The summed E-state index contributed by atoms with van der Waals surface area (Å²) in [6.07, 6.45) is 0. The summed E-state index contributed by atoms with van der Waals surface area (Å²) in [6.45, 7) is 8.39. The third kappa shape index (κ3) is 3.62. The molecule has 1 atom stereocenters. The highest BCUT2D eigenvalue weighted by molar-refractivity contribution is 5.14. The minimum Gasteiger partial charge on any atom is -0.329 e. The number of hydrogen-bond donors (Lipinski definition) is 1. The molecular weight excluding hydrogens is 196 g/mol. The molecule has 0 amide bonds. The van der Waals surface area contributed by atoms with Gasteiger partial charge in [-0.1, -0.05) is 51.1 Å². The monoisotopic (exact) mass is 220 g/mol. The average Bonchev–Trinajstić information content (AvgIpc) is 2.17. The van der Waals surface area contributed by atoms with E-state index in [0.29, 0.717) is 12.6 Å². The van der Waals surface area contributed by atoms with Gasteiger partial charge in [0.05, 0.1) is 0 Å². The zero-order valence-corrected chi connectivity index (χ0v) is 10.9. The van der Waals surface area contributed by atoms with Gasteiger partial charge >= 0.3 is 0 Å². The first-order chi connectivity index (χ1) is 7.45. The Morgan fingerprint density at radius 2 is 1.75 bits per heavy atom. The smallest absolute Gasteiger partial charge is 0.0267 e. The molecule has 0 fully saturated rings. The van der Waals surface area contributed by atoms with Gasteiger partial charge in [0.1, 0.15) is 0 Å². The minimum atomic E-state index is 0.221. The maximum absolute atomic E-state index is 5.87. The number of nitrogens with two attached hydrogens (primary N) is 1. The maximum Gasteiger partial charge on any atom is 0.0267 e. The number of hydrogen-bond acceptors (Lipinski definition) is 2. The number of rotatable bonds is 4. The highest BCUT2D eigenvalue weighted by atomic mass is 15.1. The van der Waals surface area contributed by atoms with Crippen molar-refractivity contribution >= 4 is 0 Å². The topological polar surface area (TPSA) is 29.3 Å². The van der Waals surface area contributed by atoms with E-state index in [1.807, 2.05) is 6.07 Å². The van der Waals surface area contributed by atoms with Crippen molar-refractivity contribution in [3.05, 3.63) is 35.9 Å². The first-order valence-corrected chi connectivity index (χ1v) is 5.89. The minimum absolute atomic E-state index is 0.221. The van der Waals surface area contributed by atoms with Crippen LogP contribution < -0.4 is 5.73 Å². The highest BCUT2D eigenvalue weighted by Crippen LogP contribution is 2.23. The summed E-state index contributed by atoms with van der Waals surface area (Å²) >= 11 is 0. The van der Waals surface area contributed by atoms with Crippen LogP contribution in [0.3, 0.4) is 0 Å². The molecule has 16 heavy (non-hydrogen) atoms. The van der Waals surface area contributed by atoms with Crippen LogP contribution in [0.1, 0.15) is 26.3 Å². The largest absolute Gasteiger partial charge is 0.329 e. The van der Waals surface area contributed by atoms with Crippen LogP contribution in [0.4, 0.5) is 0 Å². The summed E-state index contributed by atoms with van der Waals surface area (Å²) < 4.78 is 0. The lowest BCUT2D eigenvalue weighted by molar-refractivity contribution is 0.125. The van der Waals surface area contributed by atoms with Crippen LogP contribution in [0.2, 0.25) is 0 Å². The molecule has 0 radical (unpaired) electrons. The molecule has 0 aliphatic carbocycles. The number of benzene rings is 1. The molecule has 2 nitrogen and oxygen atoms in total. The quantitative estimate of drug-likeness (QED) is 0.844. The Kier molecular flexibility index (Phi) is 4.51. The van der Waals surface area contributed by atoms with Gasteiger partial charge in [0.25, 0.3) is 0 Å². The fourth-order valence-electron chi connectivity index (χ4n) is 2.18. The highest BCUT2D eigenvalue weighted by Gasteiger charge is 2.26. The van der Waals surface area contributed by atoms with Crippen molar-refractivity contribution in [1.82, 2.24) is 4.90 Å². The summed E-state index contributed by atoms with van der Waals surface area (Å²) in [7, 11) is 2.15. The Balaban J connectivity index is 2.67. The second-order valence-electron chi connectivity index (χ2n) is 5.52. The third-order valence-corrected chi connectivity index (χ3v) is 3.03. The van der Waals surface area contributed by atoms with E-state index in [-0.39, 0.29) is 5.41 Å². The molecule has 2 N–H and O–H groups in total. The zero-order chi connectivity index (χ0) is 12.2. The van der Waals surface area contributed by atoms with Crippen LogP contribution in [0.5, 0.6) is 0 Å². The average molecular weight is 220 g/mol. The molecule has 0 spiro atoms. The van der Waals surface area contributed by atoms with Gasteiger partial charge in [-0.15, -0.1) is 0 Å². The van der Waals surface area contributed by atoms with Gasteiger partial charge in [-0.3, -0.25) is 4.90 Å². The van der Waals surface area contributed by atoms with Crippen molar-refractivity contribution in [2.45, 2.75) is 33.4 Å². The van der Waals surface area contributed by atoms with Crippen molar-refractivity contribution in [3.8, 4) is 0 Å². The summed E-state index contributed by atoms with van der Waals surface area (Å²) in [5, 5.41) is 0. The van der Waals surface area contributed by atoms with E-state index < -0.39 is 0 Å². The second-order valence-corrected chi connectivity index (χ2v) is 5.52. The predicted molar refractivity (Wildman–Crippen MR) is 70.2 cm³/mol. The van der Waals surface area contributed by atoms with Gasteiger partial charge < -0.3 is 5.73 Å². The van der Waals surface area contributed by atoms with E-state index in [1.54, 1.807) is 0 Å². The molecule has 0 aliphatic heterocycles. The van der Waals surface area contributed by atoms with Crippen molar-refractivity contribution < 1.29 is 0 Å². The Morgan fingerprint density at radius 3 is 2.19 bits per heavy atom. The molecule has 2 heteroatoms. The lowest BCUT2D eigenvalue weighted by Gasteiger charge is -2.37. The first kappa shape index (κ1) is 13.2. The molecule has 1 aromatic carbocycles. The molecule has 1 rings (SSSR count). The Hall–Kier alpha value is -0.860. The van der Waals surface area contributed by atoms with Crippen molar-refractivity contribution in [2.24, 2.45) is 11.1 Å².